The summed E-state index contributed by atoms with van der Waals surface area (Å²) in [5.41, 5.74) is 12.6. The molecule has 5 aromatic carbocycles. The lowest BCUT2D eigenvalue weighted by atomic mass is 9.99. The van der Waals surface area contributed by atoms with Crippen molar-refractivity contribution in [1.82, 2.24) is 9.13 Å². The summed E-state index contributed by atoms with van der Waals surface area (Å²) in [5.74, 6) is 0. The third kappa shape index (κ3) is 3.35. The highest BCUT2D eigenvalue weighted by Crippen LogP contribution is 2.38. The summed E-state index contributed by atoms with van der Waals surface area (Å²) in [6.07, 6.45) is 6.81. The van der Waals surface area contributed by atoms with Gasteiger partial charge in [0.25, 0.3) is 0 Å². The highest BCUT2D eigenvalue weighted by molar-refractivity contribution is 6.09. The fourth-order valence-corrected chi connectivity index (χ4v) is 6.57. The second kappa shape index (κ2) is 8.61. The number of para-hydroxylation sites is 3. The minimum absolute atomic E-state index is 1.08. The fraction of sp³-hybridized carbons (Fsp3) is 0.0811. The van der Waals surface area contributed by atoms with Gasteiger partial charge < -0.3 is 9.13 Å². The van der Waals surface area contributed by atoms with Gasteiger partial charge in [-0.3, -0.25) is 0 Å². The van der Waals surface area contributed by atoms with Crippen LogP contribution in [0.4, 0.5) is 0 Å². The number of fused-ring (bicyclic) bond motifs is 6. The topological polar surface area (TPSA) is 9.86 Å². The maximum atomic E-state index is 2.47. The van der Waals surface area contributed by atoms with Gasteiger partial charge in [0.2, 0.25) is 0 Å². The third-order valence-electron chi connectivity index (χ3n) is 8.31. The zero-order chi connectivity index (χ0) is 25.9. The number of aryl methyl sites for hydroxylation is 2. The number of nitrogens with zero attached hydrogens (tertiary/aromatic N) is 2. The van der Waals surface area contributed by atoms with Crippen molar-refractivity contribution in [2.24, 2.45) is 0 Å². The number of benzene rings is 5. The lowest BCUT2D eigenvalue weighted by Gasteiger charge is -2.18. The van der Waals surface area contributed by atoms with Crippen LogP contribution in [0.1, 0.15) is 23.2 Å². The van der Waals surface area contributed by atoms with Gasteiger partial charge in [-0.2, -0.15) is 0 Å². The smallest absolute Gasteiger partial charge is 0.0541 e. The van der Waals surface area contributed by atoms with Crippen molar-refractivity contribution in [3.05, 3.63) is 138 Å². The van der Waals surface area contributed by atoms with Crippen LogP contribution in [0.5, 0.6) is 0 Å². The molecular formula is C37H28N2. The van der Waals surface area contributed by atoms with E-state index >= 15 is 0 Å². The summed E-state index contributed by atoms with van der Waals surface area (Å²) in [4.78, 5) is 0. The van der Waals surface area contributed by atoms with E-state index in [1.807, 2.05) is 0 Å². The zero-order valence-corrected chi connectivity index (χ0v) is 21.9. The Labute approximate surface area is 228 Å². The van der Waals surface area contributed by atoms with Crippen molar-refractivity contribution >= 4 is 38.8 Å². The summed E-state index contributed by atoms with van der Waals surface area (Å²) in [6.45, 7) is 2.21. The fourth-order valence-electron chi connectivity index (χ4n) is 6.57. The maximum absolute atomic E-state index is 2.47. The molecule has 0 N–H and O–H groups in total. The first-order valence-electron chi connectivity index (χ1n) is 13.8. The molecule has 0 fully saturated rings. The summed E-state index contributed by atoms with van der Waals surface area (Å²) >= 11 is 0. The molecule has 0 spiro atoms. The average Bonchev–Trinajstić information content (AvgIpc) is 3.50. The predicted octanol–water partition coefficient (Wildman–Crippen LogP) is 9.66. The molecule has 0 saturated heterocycles. The average molecular weight is 501 g/mol. The Morgan fingerprint density at radius 2 is 1.13 bits per heavy atom. The van der Waals surface area contributed by atoms with Crippen LogP contribution >= 0.6 is 0 Å². The van der Waals surface area contributed by atoms with Crippen molar-refractivity contribution in [3.8, 4) is 22.5 Å². The van der Waals surface area contributed by atoms with Crippen LogP contribution in [0.2, 0.25) is 0 Å². The number of rotatable bonds is 3. The molecule has 0 atom stereocenters. The van der Waals surface area contributed by atoms with Crippen LogP contribution < -0.4 is 0 Å². The Bertz CT molecular complexity index is 2030. The van der Waals surface area contributed by atoms with Gasteiger partial charge in [-0.05, 0) is 84.5 Å². The van der Waals surface area contributed by atoms with Crippen molar-refractivity contribution < 1.29 is 0 Å². The first kappa shape index (κ1) is 22.2. The number of hydrogen-bond acceptors (Lipinski definition) is 0. The maximum Gasteiger partial charge on any atom is 0.0541 e. The van der Waals surface area contributed by atoms with Gasteiger partial charge >= 0.3 is 0 Å². The van der Waals surface area contributed by atoms with E-state index in [2.05, 4.69) is 143 Å². The molecule has 2 heterocycles. The van der Waals surface area contributed by atoms with Crippen molar-refractivity contribution in [2.45, 2.75) is 19.8 Å². The Morgan fingerprint density at radius 3 is 1.82 bits per heavy atom. The van der Waals surface area contributed by atoms with Gasteiger partial charge in [-0.25, -0.2) is 0 Å². The van der Waals surface area contributed by atoms with E-state index in [1.165, 1.54) is 72.0 Å². The summed E-state index contributed by atoms with van der Waals surface area (Å²) in [5, 5.41) is 3.92. The molecule has 2 heteroatoms. The standard InChI is InChI=1S/C37H28N2/c1-25-12-2-3-13-29(25)26-22-27(38-34-18-8-4-14-30(34)31-15-5-9-19-35(31)38)24-28(23-26)39-36-20-10-6-16-32(36)33-17-7-11-21-37(33)39/h2-6,8-16,18-24H,7,17H2,1H3. The Morgan fingerprint density at radius 1 is 0.564 bits per heavy atom. The van der Waals surface area contributed by atoms with Gasteiger partial charge in [-0.15, -0.1) is 0 Å². The molecule has 39 heavy (non-hydrogen) atoms. The van der Waals surface area contributed by atoms with Crippen LogP contribution in [-0.2, 0) is 6.42 Å². The number of allylic oxidation sites excluding steroid dienone is 1. The number of aromatic nitrogens is 2. The second-order valence-electron chi connectivity index (χ2n) is 10.6. The van der Waals surface area contributed by atoms with Crippen molar-refractivity contribution in [1.29, 1.82) is 0 Å². The Hall–Kier alpha value is -4.82. The molecular weight excluding hydrogens is 472 g/mol. The van der Waals surface area contributed by atoms with Crippen molar-refractivity contribution in [2.75, 3.05) is 0 Å². The first-order valence-corrected chi connectivity index (χ1v) is 13.8. The molecule has 8 rings (SSSR count). The summed E-state index contributed by atoms with van der Waals surface area (Å²) in [7, 11) is 0. The molecule has 186 valence electrons. The highest BCUT2D eigenvalue weighted by atomic mass is 15.0. The Balaban J connectivity index is 1.50. The molecule has 0 unspecified atom stereocenters. The summed E-state index contributed by atoms with van der Waals surface area (Å²) < 4.78 is 4.91. The van der Waals surface area contributed by atoms with E-state index in [9.17, 15) is 0 Å². The Kier molecular flexibility index (Phi) is 4.90. The van der Waals surface area contributed by atoms with Gasteiger partial charge in [0.1, 0.15) is 0 Å². The van der Waals surface area contributed by atoms with Gasteiger partial charge in [-0.1, -0.05) is 84.9 Å². The normalized spacial score (nSPS) is 12.9. The SMILES string of the molecule is Cc1ccccc1-c1cc(-n2c3c(c4ccccc42)CCC=C3)cc(-n2c3ccccc3c3ccccc32)c1. The molecule has 1 aliphatic carbocycles. The minimum atomic E-state index is 1.08. The largest absolute Gasteiger partial charge is 0.309 e. The van der Waals surface area contributed by atoms with Gasteiger partial charge in [0.05, 0.1) is 16.6 Å². The van der Waals surface area contributed by atoms with Crippen molar-refractivity contribution in [3.63, 3.8) is 0 Å². The molecule has 0 bridgehead atoms. The number of hydrogen-bond donors (Lipinski definition) is 0. The molecule has 1 aliphatic rings. The van der Waals surface area contributed by atoms with Crippen LogP contribution in [-0.4, -0.2) is 9.13 Å². The van der Waals surface area contributed by atoms with E-state index in [1.54, 1.807) is 0 Å². The van der Waals surface area contributed by atoms with Gasteiger partial charge in [0.15, 0.2) is 0 Å². The van der Waals surface area contributed by atoms with Crippen LogP contribution in [0.15, 0.2) is 121 Å². The lowest BCUT2D eigenvalue weighted by molar-refractivity contribution is 0.966. The van der Waals surface area contributed by atoms with Crippen LogP contribution in [0.3, 0.4) is 0 Å². The highest BCUT2D eigenvalue weighted by Gasteiger charge is 2.20. The van der Waals surface area contributed by atoms with E-state index in [0.29, 0.717) is 0 Å². The quantitative estimate of drug-likeness (QED) is 0.229. The minimum Gasteiger partial charge on any atom is -0.309 e. The molecule has 0 aliphatic heterocycles. The molecule has 0 amide bonds. The molecule has 2 aromatic heterocycles. The van der Waals surface area contributed by atoms with E-state index in [-0.39, 0.29) is 0 Å². The second-order valence-corrected chi connectivity index (χ2v) is 10.6. The first-order chi connectivity index (χ1) is 19.3. The molecule has 7 aromatic rings. The molecule has 2 nitrogen and oxygen atoms in total. The van der Waals surface area contributed by atoms with E-state index < -0.39 is 0 Å². The monoisotopic (exact) mass is 500 g/mol. The third-order valence-corrected chi connectivity index (χ3v) is 8.31. The van der Waals surface area contributed by atoms with E-state index in [4.69, 9.17) is 0 Å². The van der Waals surface area contributed by atoms with Gasteiger partial charge in [0, 0.05) is 33.2 Å². The lowest BCUT2D eigenvalue weighted by Crippen LogP contribution is -2.03. The van der Waals surface area contributed by atoms with E-state index in [0.717, 1.165) is 12.8 Å². The molecule has 0 radical (unpaired) electrons. The predicted molar refractivity (Wildman–Crippen MR) is 165 cm³/mol. The molecule has 0 saturated carbocycles. The van der Waals surface area contributed by atoms with Crippen LogP contribution in [0.25, 0.3) is 61.3 Å². The zero-order valence-electron chi connectivity index (χ0n) is 21.9. The van der Waals surface area contributed by atoms with Crippen LogP contribution in [0, 0.1) is 6.92 Å². The summed E-state index contributed by atoms with van der Waals surface area (Å²) in [6, 6.07) is 42.2.